The first-order chi connectivity index (χ1) is 15.6. The molecule has 176 valence electrons. The van der Waals surface area contributed by atoms with Crippen LogP contribution in [0.4, 0.5) is 10.5 Å². The van der Waals surface area contributed by atoms with Gasteiger partial charge in [0.1, 0.15) is 11.5 Å². The van der Waals surface area contributed by atoms with Crippen molar-refractivity contribution in [1.82, 2.24) is 10.3 Å². The first kappa shape index (κ1) is 24.2. The number of pyridine rings is 1. The highest BCUT2D eigenvalue weighted by atomic mass is 16.5. The summed E-state index contributed by atoms with van der Waals surface area (Å²) >= 11 is 0. The number of benzene rings is 2. The lowest BCUT2D eigenvalue weighted by atomic mass is 9.92. The molecule has 0 aliphatic rings. The van der Waals surface area contributed by atoms with Crippen molar-refractivity contribution in [2.24, 2.45) is 5.41 Å². The van der Waals surface area contributed by atoms with Gasteiger partial charge in [-0.3, -0.25) is 4.98 Å². The molecule has 7 nitrogen and oxygen atoms in total. The van der Waals surface area contributed by atoms with Crippen molar-refractivity contribution in [3.8, 4) is 23.0 Å². The van der Waals surface area contributed by atoms with Crippen LogP contribution in [0.25, 0.3) is 10.9 Å². The van der Waals surface area contributed by atoms with Gasteiger partial charge in [0.05, 0.1) is 19.7 Å². The molecule has 0 aliphatic carbocycles. The van der Waals surface area contributed by atoms with Gasteiger partial charge >= 0.3 is 6.03 Å². The van der Waals surface area contributed by atoms with E-state index in [-0.39, 0.29) is 11.4 Å². The molecule has 0 radical (unpaired) electrons. The van der Waals surface area contributed by atoms with Gasteiger partial charge in [-0.2, -0.15) is 0 Å². The second kappa shape index (κ2) is 9.98. The van der Waals surface area contributed by atoms with Crippen molar-refractivity contribution < 1.29 is 19.0 Å². The van der Waals surface area contributed by atoms with Gasteiger partial charge in [-0.05, 0) is 61.1 Å². The van der Waals surface area contributed by atoms with E-state index in [1.54, 1.807) is 20.4 Å². The summed E-state index contributed by atoms with van der Waals surface area (Å²) in [4.78, 5) is 16.7. The first-order valence-electron chi connectivity index (χ1n) is 11.0. The van der Waals surface area contributed by atoms with Crippen LogP contribution in [0.1, 0.15) is 38.3 Å². The predicted octanol–water partition coefficient (Wildman–Crippen LogP) is 6.22. The van der Waals surface area contributed by atoms with Crippen molar-refractivity contribution in [3.63, 3.8) is 0 Å². The molecule has 0 fully saturated rings. The van der Waals surface area contributed by atoms with Gasteiger partial charge < -0.3 is 24.8 Å². The topological polar surface area (TPSA) is 81.7 Å². The summed E-state index contributed by atoms with van der Waals surface area (Å²) in [5.41, 5.74) is 3.54. The van der Waals surface area contributed by atoms with Crippen molar-refractivity contribution >= 4 is 22.6 Å². The van der Waals surface area contributed by atoms with Gasteiger partial charge in [0.25, 0.3) is 0 Å². The number of rotatable bonds is 7. The third-order valence-electron chi connectivity index (χ3n) is 5.57. The van der Waals surface area contributed by atoms with Gasteiger partial charge in [0, 0.05) is 29.9 Å². The molecule has 0 aliphatic heterocycles. The van der Waals surface area contributed by atoms with Crippen LogP contribution in [0.15, 0.2) is 36.5 Å². The zero-order valence-corrected chi connectivity index (χ0v) is 20.5. The summed E-state index contributed by atoms with van der Waals surface area (Å²) in [5.74, 6) is 2.57. The molecule has 2 N–H and O–H groups in total. The van der Waals surface area contributed by atoms with Crippen molar-refractivity contribution in [1.29, 1.82) is 0 Å². The standard InChI is InChI=1S/C26H33N3O4/c1-16-17(2)21(9-8-19(16)29-25(30)28-13-11-26(3,4)5)33-22-10-12-27-20-15-24(32-7)23(31-6)14-18(20)22/h8-10,12,14-15H,11,13H2,1-7H3,(H2,28,29,30). The fraction of sp³-hybridized carbons (Fsp3) is 0.385. The molecular formula is C26H33N3O4. The minimum Gasteiger partial charge on any atom is -0.493 e. The van der Waals surface area contributed by atoms with Crippen LogP contribution in [-0.2, 0) is 0 Å². The lowest BCUT2D eigenvalue weighted by Gasteiger charge is -2.19. The molecule has 0 saturated carbocycles. The van der Waals surface area contributed by atoms with Crippen molar-refractivity contribution in [3.05, 3.63) is 47.7 Å². The first-order valence-corrected chi connectivity index (χ1v) is 11.0. The molecule has 0 spiro atoms. The van der Waals surface area contributed by atoms with Crippen LogP contribution >= 0.6 is 0 Å². The number of hydrogen-bond donors (Lipinski definition) is 2. The largest absolute Gasteiger partial charge is 0.493 e. The summed E-state index contributed by atoms with van der Waals surface area (Å²) < 4.78 is 17.1. The molecule has 7 heteroatoms. The zero-order valence-electron chi connectivity index (χ0n) is 20.5. The molecule has 3 rings (SSSR count). The number of carbonyl (C=O) groups is 1. The number of anilines is 1. The number of fused-ring (bicyclic) bond motifs is 1. The Hall–Kier alpha value is -3.48. The number of carbonyl (C=O) groups excluding carboxylic acids is 1. The van der Waals surface area contributed by atoms with E-state index in [4.69, 9.17) is 14.2 Å². The average Bonchev–Trinajstić information content (AvgIpc) is 2.77. The molecule has 1 heterocycles. The Balaban J connectivity index is 1.81. The summed E-state index contributed by atoms with van der Waals surface area (Å²) in [6.45, 7) is 11.0. The van der Waals surface area contributed by atoms with Crippen LogP contribution < -0.4 is 24.8 Å². The Morgan fingerprint density at radius 3 is 2.30 bits per heavy atom. The van der Waals surface area contributed by atoms with E-state index >= 15 is 0 Å². The summed E-state index contributed by atoms with van der Waals surface area (Å²) in [7, 11) is 3.19. The molecule has 1 aromatic heterocycles. The number of ether oxygens (including phenoxy) is 3. The van der Waals surface area contributed by atoms with Crippen LogP contribution in [0.3, 0.4) is 0 Å². The molecule has 2 aromatic carbocycles. The highest BCUT2D eigenvalue weighted by Crippen LogP contribution is 2.38. The Labute approximate surface area is 195 Å². The molecule has 3 aromatic rings. The molecule has 0 bridgehead atoms. The lowest BCUT2D eigenvalue weighted by molar-refractivity contribution is 0.250. The summed E-state index contributed by atoms with van der Waals surface area (Å²) in [5, 5.41) is 6.67. The van der Waals surface area contributed by atoms with Gasteiger partial charge in [-0.1, -0.05) is 20.8 Å². The van der Waals surface area contributed by atoms with E-state index in [0.717, 1.165) is 34.1 Å². The molecule has 0 saturated heterocycles. The van der Waals surface area contributed by atoms with E-state index in [1.807, 2.05) is 44.2 Å². The Kier molecular flexibility index (Phi) is 7.31. The highest BCUT2D eigenvalue weighted by molar-refractivity contribution is 5.91. The monoisotopic (exact) mass is 451 g/mol. The molecule has 2 amide bonds. The maximum atomic E-state index is 12.3. The minimum atomic E-state index is -0.211. The highest BCUT2D eigenvalue weighted by Gasteiger charge is 2.15. The number of nitrogens with zero attached hydrogens (tertiary/aromatic N) is 1. The van der Waals surface area contributed by atoms with Crippen LogP contribution in [0.2, 0.25) is 0 Å². The van der Waals surface area contributed by atoms with E-state index in [2.05, 4.69) is 36.4 Å². The van der Waals surface area contributed by atoms with Gasteiger partial charge in [0.2, 0.25) is 0 Å². The Morgan fingerprint density at radius 1 is 0.939 bits per heavy atom. The second-order valence-corrected chi connectivity index (χ2v) is 9.19. The molecular weight excluding hydrogens is 418 g/mol. The zero-order chi connectivity index (χ0) is 24.2. The summed E-state index contributed by atoms with van der Waals surface area (Å²) in [6, 6.07) is 9.00. The normalized spacial score (nSPS) is 11.2. The summed E-state index contributed by atoms with van der Waals surface area (Å²) in [6.07, 6.45) is 2.60. The van der Waals surface area contributed by atoms with Gasteiger partial charge in [0.15, 0.2) is 11.5 Å². The van der Waals surface area contributed by atoms with E-state index in [0.29, 0.717) is 29.5 Å². The third-order valence-corrected chi connectivity index (χ3v) is 5.57. The van der Waals surface area contributed by atoms with Crippen molar-refractivity contribution in [2.45, 2.75) is 41.0 Å². The average molecular weight is 452 g/mol. The van der Waals surface area contributed by atoms with Crippen LogP contribution in [0, 0.1) is 19.3 Å². The number of nitrogens with one attached hydrogen (secondary N) is 2. The molecule has 33 heavy (non-hydrogen) atoms. The number of aromatic nitrogens is 1. The lowest BCUT2D eigenvalue weighted by Crippen LogP contribution is -2.31. The Bertz CT molecular complexity index is 1150. The van der Waals surface area contributed by atoms with Crippen LogP contribution in [0.5, 0.6) is 23.0 Å². The number of urea groups is 1. The van der Waals surface area contributed by atoms with E-state index in [9.17, 15) is 4.79 Å². The third kappa shape index (κ3) is 5.86. The molecule has 0 unspecified atom stereocenters. The number of hydrogen-bond acceptors (Lipinski definition) is 5. The quantitative estimate of drug-likeness (QED) is 0.446. The van der Waals surface area contributed by atoms with E-state index < -0.39 is 0 Å². The predicted molar refractivity (Wildman–Crippen MR) is 132 cm³/mol. The number of methoxy groups -OCH3 is 2. The van der Waals surface area contributed by atoms with Crippen molar-refractivity contribution in [2.75, 3.05) is 26.1 Å². The fourth-order valence-corrected chi connectivity index (χ4v) is 3.41. The van der Waals surface area contributed by atoms with Gasteiger partial charge in [-0.25, -0.2) is 4.79 Å². The molecule has 0 atom stereocenters. The Morgan fingerprint density at radius 2 is 1.64 bits per heavy atom. The smallest absolute Gasteiger partial charge is 0.319 e. The number of amides is 2. The van der Waals surface area contributed by atoms with E-state index in [1.165, 1.54) is 0 Å². The van der Waals surface area contributed by atoms with Gasteiger partial charge in [-0.15, -0.1) is 0 Å². The van der Waals surface area contributed by atoms with Crippen LogP contribution in [-0.4, -0.2) is 31.8 Å². The SMILES string of the molecule is COc1cc2nccc(Oc3ccc(NC(=O)NCCC(C)(C)C)c(C)c3C)c2cc1OC. The minimum absolute atomic E-state index is 0.172. The fourth-order valence-electron chi connectivity index (χ4n) is 3.41. The maximum absolute atomic E-state index is 12.3. The second-order valence-electron chi connectivity index (χ2n) is 9.19. The maximum Gasteiger partial charge on any atom is 0.319 e.